The largest absolute Gasteiger partial charge is 0.416 e. The van der Waals surface area contributed by atoms with E-state index < -0.39 is 11.7 Å². The number of benzene rings is 1. The molecule has 0 amide bonds. The Balaban J connectivity index is 1.77. The smallest absolute Gasteiger partial charge is 0.312 e. The van der Waals surface area contributed by atoms with Crippen molar-refractivity contribution in [3.05, 3.63) is 35.4 Å². The predicted molar refractivity (Wildman–Crippen MR) is 73.4 cm³/mol. The summed E-state index contributed by atoms with van der Waals surface area (Å²) in [4.78, 5) is 2.33. The lowest BCUT2D eigenvalue weighted by molar-refractivity contribution is -0.137. The molecular weight excluding hydrogens is 265 g/mol. The van der Waals surface area contributed by atoms with Gasteiger partial charge in [0.1, 0.15) is 0 Å². The van der Waals surface area contributed by atoms with Crippen LogP contribution >= 0.6 is 0 Å². The zero-order valence-electron chi connectivity index (χ0n) is 11.7. The van der Waals surface area contributed by atoms with Gasteiger partial charge in [-0.15, -0.1) is 0 Å². The number of likely N-dealkylation sites (tertiary alicyclic amines) is 1. The van der Waals surface area contributed by atoms with Gasteiger partial charge >= 0.3 is 6.18 Å². The van der Waals surface area contributed by atoms with Crippen molar-refractivity contribution >= 4 is 0 Å². The molecule has 1 saturated heterocycles. The molecule has 1 fully saturated rings. The summed E-state index contributed by atoms with van der Waals surface area (Å²) in [5.41, 5.74) is 0.303. The first kappa shape index (κ1) is 15.3. The third-order valence-corrected chi connectivity index (χ3v) is 3.77. The maximum absolute atomic E-state index is 12.4. The second kappa shape index (κ2) is 6.59. The van der Waals surface area contributed by atoms with Crippen LogP contribution in [0.25, 0.3) is 0 Å². The lowest BCUT2D eigenvalue weighted by Crippen LogP contribution is -2.37. The van der Waals surface area contributed by atoms with E-state index in [1.54, 1.807) is 12.1 Å². The number of halogens is 3. The molecule has 1 aromatic rings. The Labute approximate surface area is 118 Å². The van der Waals surface area contributed by atoms with Crippen molar-refractivity contribution in [1.82, 2.24) is 10.2 Å². The van der Waals surface area contributed by atoms with Gasteiger partial charge in [0.25, 0.3) is 0 Å². The van der Waals surface area contributed by atoms with Crippen LogP contribution in [0.15, 0.2) is 24.3 Å². The Hall–Kier alpha value is -1.07. The van der Waals surface area contributed by atoms with Gasteiger partial charge in [0.05, 0.1) is 5.56 Å². The molecule has 1 N–H and O–H groups in total. The monoisotopic (exact) mass is 286 g/mol. The topological polar surface area (TPSA) is 15.3 Å². The van der Waals surface area contributed by atoms with Crippen LogP contribution in [0.5, 0.6) is 0 Å². The molecule has 1 atom stereocenters. The molecule has 2 rings (SSSR count). The van der Waals surface area contributed by atoms with E-state index in [1.807, 2.05) is 0 Å². The lowest BCUT2D eigenvalue weighted by Gasteiger charge is -2.29. The van der Waals surface area contributed by atoms with Crippen LogP contribution in [0.1, 0.15) is 24.0 Å². The first-order chi connectivity index (χ1) is 9.45. The molecule has 20 heavy (non-hydrogen) atoms. The Morgan fingerprint density at radius 3 is 2.55 bits per heavy atom. The molecule has 1 aliphatic rings. The Kier molecular flexibility index (Phi) is 5.05. The van der Waals surface area contributed by atoms with Gasteiger partial charge in [-0.1, -0.05) is 12.1 Å². The van der Waals surface area contributed by atoms with Crippen LogP contribution in [-0.4, -0.2) is 31.6 Å². The zero-order valence-corrected chi connectivity index (χ0v) is 11.7. The van der Waals surface area contributed by atoms with Crippen LogP contribution in [-0.2, 0) is 12.7 Å². The molecule has 0 radical (unpaired) electrons. The molecule has 0 saturated carbocycles. The first-order valence-electron chi connectivity index (χ1n) is 7.00. The van der Waals surface area contributed by atoms with Gasteiger partial charge < -0.3 is 10.2 Å². The molecule has 1 aromatic carbocycles. The Morgan fingerprint density at radius 1 is 1.25 bits per heavy atom. The number of nitrogens with zero attached hydrogens (tertiary/aromatic N) is 1. The van der Waals surface area contributed by atoms with Crippen LogP contribution in [0.3, 0.4) is 0 Å². The second-order valence-electron chi connectivity index (χ2n) is 5.60. The normalized spacial score (nSPS) is 21.1. The molecule has 112 valence electrons. The van der Waals surface area contributed by atoms with Crippen molar-refractivity contribution in [3.8, 4) is 0 Å². The summed E-state index contributed by atoms with van der Waals surface area (Å²) < 4.78 is 37.3. The van der Waals surface area contributed by atoms with Crippen molar-refractivity contribution in [1.29, 1.82) is 0 Å². The molecule has 0 aromatic heterocycles. The highest BCUT2D eigenvalue weighted by molar-refractivity contribution is 5.24. The molecule has 5 heteroatoms. The number of piperidine rings is 1. The maximum Gasteiger partial charge on any atom is 0.416 e. The third-order valence-electron chi connectivity index (χ3n) is 3.77. The minimum atomic E-state index is -4.25. The molecule has 0 bridgehead atoms. The van der Waals surface area contributed by atoms with E-state index >= 15 is 0 Å². The van der Waals surface area contributed by atoms with Gasteiger partial charge in [-0.25, -0.2) is 0 Å². The van der Waals surface area contributed by atoms with E-state index in [4.69, 9.17) is 0 Å². The van der Waals surface area contributed by atoms with Gasteiger partial charge in [-0.2, -0.15) is 13.2 Å². The Morgan fingerprint density at radius 2 is 1.95 bits per heavy atom. The van der Waals surface area contributed by atoms with Crippen molar-refractivity contribution in [3.63, 3.8) is 0 Å². The average Bonchev–Trinajstić information content (AvgIpc) is 2.38. The summed E-state index contributed by atoms with van der Waals surface area (Å²) in [5, 5.41) is 3.34. The zero-order chi connectivity index (χ0) is 14.6. The number of hydrogen-bond donors (Lipinski definition) is 1. The Bertz CT molecular complexity index is 414. The second-order valence-corrected chi connectivity index (χ2v) is 5.60. The summed E-state index contributed by atoms with van der Waals surface area (Å²) in [6.07, 6.45) is -1.80. The van der Waals surface area contributed by atoms with E-state index in [2.05, 4.69) is 17.3 Å². The maximum atomic E-state index is 12.4. The molecule has 0 spiro atoms. The lowest BCUT2D eigenvalue weighted by atomic mass is 9.98. The van der Waals surface area contributed by atoms with Crippen LogP contribution in [0.4, 0.5) is 13.2 Å². The third kappa shape index (κ3) is 4.49. The van der Waals surface area contributed by atoms with E-state index in [9.17, 15) is 13.2 Å². The molecule has 1 aliphatic heterocycles. The minimum Gasteiger partial charge on any atom is -0.312 e. The minimum absolute atomic E-state index is 0.588. The average molecular weight is 286 g/mol. The van der Waals surface area contributed by atoms with Gasteiger partial charge in [-0.05, 0) is 56.6 Å². The van der Waals surface area contributed by atoms with Crippen molar-refractivity contribution in [2.24, 2.45) is 5.92 Å². The van der Waals surface area contributed by atoms with Gasteiger partial charge in [0.15, 0.2) is 0 Å². The quantitative estimate of drug-likeness (QED) is 0.915. The molecular formula is C15H21F3N2. The summed E-state index contributed by atoms with van der Waals surface area (Å²) in [7, 11) is 2.13. The van der Waals surface area contributed by atoms with Gasteiger partial charge in [-0.3, -0.25) is 0 Å². The fourth-order valence-electron chi connectivity index (χ4n) is 2.67. The fraction of sp³-hybridized carbons (Fsp3) is 0.600. The van der Waals surface area contributed by atoms with Crippen molar-refractivity contribution < 1.29 is 13.2 Å². The van der Waals surface area contributed by atoms with E-state index in [1.165, 1.54) is 12.8 Å². The molecule has 2 nitrogen and oxygen atoms in total. The molecule has 1 heterocycles. The van der Waals surface area contributed by atoms with Crippen molar-refractivity contribution in [2.45, 2.75) is 25.6 Å². The van der Waals surface area contributed by atoms with Crippen LogP contribution in [0.2, 0.25) is 0 Å². The number of nitrogens with one attached hydrogen (secondary N) is 1. The van der Waals surface area contributed by atoms with Crippen LogP contribution in [0, 0.1) is 5.92 Å². The number of rotatable bonds is 4. The SMILES string of the molecule is CN1CCCC(CNCc2ccc(C(F)(F)F)cc2)C1. The van der Waals surface area contributed by atoms with E-state index in [0.29, 0.717) is 12.5 Å². The summed E-state index contributed by atoms with van der Waals surface area (Å²) in [6, 6.07) is 5.38. The predicted octanol–water partition coefficient (Wildman–Crippen LogP) is 3.14. The van der Waals surface area contributed by atoms with Gasteiger partial charge in [0, 0.05) is 13.1 Å². The molecule has 0 aliphatic carbocycles. The van der Waals surface area contributed by atoms with Crippen molar-refractivity contribution in [2.75, 3.05) is 26.7 Å². The highest BCUT2D eigenvalue weighted by Gasteiger charge is 2.29. The fourth-order valence-corrected chi connectivity index (χ4v) is 2.67. The summed E-state index contributed by atoms with van der Waals surface area (Å²) in [6.45, 7) is 3.80. The van der Waals surface area contributed by atoms with E-state index in [0.717, 1.165) is 37.3 Å². The first-order valence-corrected chi connectivity index (χ1v) is 7.00. The molecule has 1 unspecified atom stereocenters. The summed E-state index contributed by atoms with van der Waals surface area (Å²) in [5.74, 6) is 0.642. The van der Waals surface area contributed by atoms with Crippen LogP contribution < -0.4 is 5.32 Å². The number of alkyl halides is 3. The standard InChI is InChI=1S/C15H21F3N2/c1-20-8-2-3-13(11-20)10-19-9-12-4-6-14(7-5-12)15(16,17)18/h4-7,13,19H,2-3,8-11H2,1H3. The highest BCUT2D eigenvalue weighted by atomic mass is 19.4. The number of hydrogen-bond acceptors (Lipinski definition) is 2. The summed E-state index contributed by atoms with van der Waals surface area (Å²) >= 11 is 0. The highest BCUT2D eigenvalue weighted by Crippen LogP contribution is 2.29. The van der Waals surface area contributed by atoms with Gasteiger partial charge in [0.2, 0.25) is 0 Å². The van der Waals surface area contributed by atoms with E-state index in [-0.39, 0.29) is 0 Å².